The molecular weight excluding hydrogens is 200 g/mol. The minimum atomic E-state index is -0.0666. The zero-order valence-corrected chi connectivity index (χ0v) is 9.41. The number of hydrogen-bond acceptors (Lipinski definition) is 2. The fourth-order valence-electron chi connectivity index (χ4n) is 2.38. The van der Waals surface area contributed by atoms with Gasteiger partial charge in [-0.2, -0.15) is 0 Å². The second-order valence-corrected chi connectivity index (χ2v) is 4.30. The van der Waals surface area contributed by atoms with Gasteiger partial charge in [-0.3, -0.25) is 4.79 Å². The standard InChI is InChI=1S/C13H18N2O/c14-8-13(16)15-9-11-6-3-5-10-4-1-2-7-12(10)11/h1-2,4,7,11H,3,5-6,8-9,14H2,(H,15,16). The summed E-state index contributed by atoms with van der Waals surface area (Å²) in [7, 11) is 0. The van der Waals surface area contributed by atoms with Crippen molar-refractivity contribution in [3.05, 3.63) is 35.4 Å². The molecule has 0 bridgehead atoms. The zero-order valence-electron chi connectivity index (χ0n) is 9.41. The monoisotopic (exact) mass is 218 g/mol. The van der Waals surface area contributed by atoms with Crippen molar-refractivity contribution < 1.29 is 4.79 Å². The maximum Gasteiger partial charge on any atom is 0.233 e. The minimum absolute atomic E-state index is 0.0666. The summed E-state index contributed by atoms with van der Waals surface area (Å²) in [6, 6.07) is 8.52. The first-order valence-corrected chi connectivity index (χ1v) is 5.86. The molecule has 0 heterocycles. The molecule has 3 N–H and O–H groups in total. The predicted octanol–water partition coefficient (Wildman–Crippen LogP) is 1.18. The van der Waals surface area contributed by atoms with Crippen LogP contribution >= 0.6 is 0 Å². The molecule has 1 unspecified atom stereocenters. The summed E-state index contributed by atoms with van der Waals surface area (Å²) in [4.78, 5) is 11.1. The highest BCUT2D eigenvalue weighted by molar-refractivity contribution is 5.77. The first kappa shape index (κ1) is 11.1. The van der Waals surface area contributed by atoms with E-state index >= 15 is 0 Å². The first-order valence-electron chi connectivity index (χ1n) is 5.86. The van der Waals surface area contributed by atoms with Crippen molar-refractivity contribution in [1.82, 2.24) is 5.32 Å². The molecule has 3 nitrogen and oxygen atoms in total. The summed E-state index contributed by atoms with van der Waals surface area (Å²) in [5.41, 5.74) is 8.10. The van der Waals surface area contributed by atoms with E-state index in [9.17, 15) is 4.79 Å². The highest BCUT2D eigenvalue weighted by atomic mass is 16.1. The molecule has 0 aliphatic heterocycles. The number of nitrogens with one attached hydrogen (secondary N) is 1. The summed E-state index contributed by atoms with van der Waals surface area (Å²) >= 11 is 0. The quantitative estimate of drug-likeness (QED) is 0.800. The number of carbonyl (C=O) groups excluding carboxylic acids is 1. The third kappa shape index (κ3) is 2.42. The van der Waals surface area contributed by atoms with E-state index in [1.165, 1.54) is 17.5 Å². The summed E-state index contributed by atoms with van der Waals surface area (Å²) < 4.78 is 0. The Hall–Kier alpha value is -1.35. The molecule has 1 atom stereocenters. The van der Waals surface area contributed by atoms with Crippen LogP contribution in [0.25, 0.3) is 0 Å². The van der Waals surface area contributed by atoms with Crippen LogP contribution in [0, 0.1) is 0 Å². The molecule has 3 heteroatoms. The molecule has 0 aromatic heterocycles. The SMILES string of the molecule is NCC(=O)NCC1CCCc2ccccc21. The molecule has 1 aliphatic rings. The van der Waals surface area contributed by atoms with Crippen LogP contribution in [0.5, 0.6) is 0 Å². The van der Waals surface area contributed by atoms with Crippen LogP contribution < -0.4 is 11.1 Å². The van der Waals surface area contributed by atoms with Gasteiger partial charge in [-0.25, -0.2) is 0 Å². The second kappa shape index (κ2) is 5.12. The molecule has 1 amide bonds. The van der Waals surface area contributed by atoms with Crippen molar-refractivity contribution in [1.29, 1.82) is 0 Å². The predicted molar refractivity (Wildman–Crippen MR) is 64.2 cm³/mol. The molecule has 1 aromatic rings. The number of amides is 1. The van der Waals surface area contributed by atoms with Crippen LogP contribution in [0.1, 0.15) is 29.9 Å². The largest absolute Gasteiger partial charge is 0.354 e. The minimum Gasteiger partial charge on any atom is -0.354 e. The Bertz CT molecular complexity index is 376. The maximum absolute atomic E-state index is 11.1. The maximum atomic E-state index is 11.1. The van der Waals surface area contributed by atoms with Gasteiger partial charge < -0.3 is 11.1 Å². The zero-order chi connectivity index (χ0) is 11.4. The second-order valence-electron chi connectivity index (χ2n) is 4.30. The number of fused-ring (bicyclic) bond motifs is 1. The van der Waals surface area contributed by atoms with E-state index in [-0.39, 0.29) is 12.5 Å². The van der Waals surface area contributed by atoms with E-state index in [1.807, 2.05) is 0 Å². The fraction of sp³-hybridized carbons (Fsp3) is 0.462. The molecule has 0 saturated carbocycles. The molecule has 1 aromatic carbocycles. The Morgan fingerprint density at radius 1 is 1.44 bits per heavy atom. The van der Waals surface area contributed by atoms with Crippen molar-refractivity contribution >= 4 is 5.91 Å². The third-order valence-electron chi connectivity index (χ3n) is 3.22. The summed E-state index contributed by atoms with van der Waals surface area (Å²) in [5.74, 6) is 0.392. The van der Waals surface area contributed by atoms with E-state index < -0.39 is 0 Å². The normalized spacial score (nSPS) is 18.9. The Morgan fingerprint density at radius 3 is 3.06 bits per heavy atom. The van der Waals surface area contributed by atoms with Gasteiger partial charge in [0.25, 0.3) is 0 Å². The molecule has 0 radical (unpaired) electrons. The lowest BCUT2D eigenvalue weighted by molar-refractivity contribution is -0.119. The molecule has 1 aliphatic carbocycles. The van der Waals surface area contributed by atoms with Crippen LogP contribution in [0.15, 0.2) is 24.3 Å². The van der Waals surface area contributed by atoms with Crippen molar-refractivity contribution in [2.45, 2.75) is 25.2 Å². The van der Waals surface area contributed by atoms with Crippen LogP contribution in [0.4, 0.5) is 0 Å². The molecule has 2 rings (SSSR count). The highest BCUT2D eigenvalue weighted by Crippen LogP contribution is 2.30. The fourth-order valence-corrected chi connectivity index (χ4v) is 2.38. The summed E-state index contributed by atoms with van der Waals surface area (Å²) in [6.45, 7) is 0.793. The Kier molecular flexibility index (Phi) is 3.57. The lowest BCUT2D eigenvalue weighted by Crippen LogP contribution is -2.34. The molecule has 0 spiro atoms. The van der Waals surface area contributed by atoms with Gasteiger partial charge in [0.2, 0.25) is 5.91 Å². The average Bonchev–Trinajstić information content (AvgIpc) is 2.35. The van der Waals surface area contributed by atoms with E-state index in [1.54, 1.807) is 0 Å². The smallest absolute Gasteiger partial charge is 0.233 e. The van der Waals surface area contributed by atoms with Crippen LogP contribution in [0.3, 0.4) is 0 Å². The van der Waals surface area contributed by atoms with Crippen molar-refractivity contribution in [2.24, 2.45) is 5.73 Å². The molecule has 0 fully saturated rings. The molecular formula is C13H18N2O. The number of aryl methyl sites for hydroxylation is 1. The summed E-state index contributed by atoms with van der Waals surface area (Å²) in [5, 5.41) is 2.88. The molecule has 16 heavy (non-hydrogen) atoms. The van der Waals surface area contributed by atoms with E-state index in [0.29, 0.717) is 12.5 Å². The number of rotatable bonds is 3. The van der Waals surface area contributed by atoms with Gasteiger partial charge in [0.05, 0.1) is 6.54 Å². The van der Waals surface area contributed by atoms with Gasteiger partial charge in [-0.05, 0) is 30.4 Å². The van der Waals surface area contributed by atoms with E-state index in [0.717, 1.165) is 12.8 Å². The van der Waals surface area contributed by atoms with Crippen molar-refractivity contribution in [3.63, 3.8) is 0 Å². The van der Waals surface area contributed by atoms with Crippen LogP contribution in [0.2, 0.25) is 0 Å². The number of hydrogen-bond donors (Lipinski definition) is 2. The van der Waals surface area contributed by atoms with Gasteiger partial charge in [0.15, 0.2) is 0 Å². The van der Waals surface area contributed by atoms with Crippen molar-refractivity contribution in [2.75, 3.05) is 13.1 Å². The Balaban J connectivity index is 2.04. The molecule has 0 saturated heterocycles. The van der Waals surface area contributed by atoms with Crippen LogP contribution in [-0.2, 0) is 11.2 Å². The third-order valence-corrected chi connectivity index (χ3v) is 3.22. The van der Waals surface area contributed by atoms with Gasteiger partial charge in [0, 0.05) is 12.5 Å². The lowest BCUT2D eigenvalue weighted by atomic mass is 9.83. The van der Waals surface area contributed by atoms with Gasteiger partial charge in [0.1, 0.15) is 0 Å². The van der Waals surface area contributed by atoms with Crippen LogP contribution in [-0.4, -0.2) is 19.0 Å². The lowest BCUT2D eigenvalue weighted by Gasteiger charge is -2.25. The summed E-state index contributed by atoms with van der Waals surface area (Å²) in [6.07, 6.45) is 3.53. The molecule has 86 valence electrons. The van der Waals surface area contributed by atoms with E-state index in [2.05, 4.69) is 29.6 Å². The van der Waals surface area contributed by atoms with E-state index in [4.69, 9.17) is 5.73 Å². The first-order chi connectivity index (χ1) is 7.81. The van der Waals surface area contributed by atoms with Crippen molar-refractivity contribution in [3.8, 4) is 0 Å². The number of benzene rings is 1. The Morgan fingerprint density at radius 2 is 2.25 bits per heavy atom. The topological polar surface area (TPSA) is 55.1 Å². The average molecular weight is 218 g/mol. The van der Waals surface area contributed by atoms with Gasteiger partial charge in [-0.1, -0.05) is 24.3 Å². The van der Waals surface area contributed by atoms with Gasteiger partial charge in [-0.15, -0.1) is 0 Å². The Labute approximate surface area is 96.0 Å². The van der Waals surface area contributed by atoms with Gasteiger partial charge >= 0.3 is 0 Å². The highest BCUT2D eigenvalue weighted by Gasteiger charge is 2.19. The number of nitrogens with two attached hydrogens (primary N) is 1. The number of carbonyl (C=O) groups is 1.